The predicted molar refractivity (Wildman–Crippen MR) is 122 cm³/mol. The van der Waals surface area contributed by atoms with Gasteiger partial charge in [-0.25, -0.2) is 18.7 Å². The van der Waals surface area contributed by atoms with Gasteiger partial charge in [0.25, 0.3) is 0 Å². The summed E-state index contributed by atoms with van der Waals surface area (Å²) in [5, 5.41) is 3.28. The van der Waals surface area contributed by atoms with E-state index in [1.165, 1.54) is 12.1 Å². The van der Waals surface area contributed by atoms with Gasteiger partial charge >= 0.3 is 0 Å². The molecule has 9 heteroatoms. The van der Waals surface area contributed by atoms with Crippen molar-refractivity contribution in [1.29, 1.82) is 0 Å². The molecule has 0 fully saturated rings. The van der Waals surface area contributed by atoms with E-state index in [-0.39, 0.29) is 0 Å². The zero-order valence-electron chi connectivity index (χ0n) is 18.2. The molecule has 7 nitrogen and oxygen atoms in total. The SMILES string of the molecule is COc1nc(Nc2cccc3c2nc(-c2cc(F)cc(F)c2)n3C)ccc1-n1cnc(C)c1. The molecule has 0 saturated heterocycles. The first-order valence-electron chi connectivity index (χ1n) is 10.2. The van der Waals surface area contributed by atoms with Gasteiger partial charge in [-0.2, -0.15) is 4.98 Å². The molecule has 5 rings (SSSR count). The molecule has 0 aliphatic rings. The highest BCUT2D eigenvalue weighted by atomic mass is 19.1. The third-order valence-corrected chi connectivity index (χ3v) is 5.32. The maximum Gasteiger partial charge on any atom is 0.240 e. The summed E-state index contributed by atoms with van der Waals surface area (Å²) in [6.45, 7) is 1.91. The molecule has 0 saturated carbocycles. The number of hydrogen-bond acceptors (Lipinski definition) is 5. The third kappa shape index (κ3) is 3.78. The van der Waals surface area contributed by atoms with E-state index < -0.39 is 11.6 Å². The van der Waals surface area contributed by atoms with Crippen LogP contribution in [0.2, 0.25) is 0 Å². The Morgan fingerprint density at radius 3 is 2.48 bits per heavy atom. The highest BCUT2D eigenvalue weighted by Gasteiger charge is 2.16. The van der Waals surface area contributed by atoms with Crippen LogP contribution in [-0.4, -0.2) is 31.2 Å². The Morgan fingerprint density at radius 1 is 1.00 bits per heavy atom. The highest BCUT2D eigenvalue weighted by molar-refractivity contribution is 5.92. The topological polar surface area (TPSA) is 69.8 Å². The van der Waals surface area contributed by atoms with Crippen LogP contribution in [-0.2, 0) is 7.05 Å². The average Bonchev–Trinajstić information content (AvgIpc) is 3.37. The second-order valence-electron chi connectivity index (χ2n) is 7.60. The van der Waals surface area contributed by atoms with Gasteiger partial charge in [-0.05, 0) is 43.3 Å². The average molecular weight is 446 g/mol. The Kier molecular flexibility index (Phi) is 5.01. The maximum atomic E-state index is 13.8. The van der Waals surface area contributed by atoms with Crippen molar-refractivity contribution in [3.63, 3.8) is 0 Å². The van der Waals surface area contributed by atoms with Crippen LogP contribution in [0.25, 0.3) is 28.1 Å². The number of aryl methyl sites for hydroxylation is 2. The number of halogens is 2. The predicted octanol–water partition coefficient (Wildman–Crippen LogP) is 5.16. The largest absolute Gasteiger partial charge is 0.479 e. The minimum Gasteiger partial charge on any atom is -0.479 e. The van der Waals surface area contributed by atoms with Crippen LogP contribution < -0.4 is 10.1 Å². The van der Waals surface area contributed by atoms with E-state index in [0.717, 1.165) is 23.0 Å². The molecule has 3 aromatic heterocycles. The van der Waals surface area contributed by atoms with Crippen molar-refractivity contribution in [2.45, 2.75) is 6.92 Å². The summed E-state index contributed by atoms with van der Waals surface area (Å²) in [7, 11) is 3.36. The van der Waals surface area contributed by atoms with Gasteiger partial charge in [-0.3, -0.25) is 0 Å². The van der Waals surface area contributed by atoms with E-state index in [4.69, 9.17) is 4.74 Å². The van der Waals surface area contributed by atoms with Gasteiger partial charge in [0.15, 0.2) is 0 Å². The fourth-order valence-electron chi connectivity index (χ4n) is 3.80. The molecule has 0 spiro atoms. The van der Waals surface area contributed by atoms with Crippen molar-refractivity contribution >= 4 is 22.5 Å². The van der Waals surface area contributed by atoms with Crippen molar-refractivity contribution in [1.82, 2.24) is 24.1 Å². The lowest BCUT2D eigenvalue weighted by molar-refractivity contribution is 0.396. The minimum absolute atomic E-state index is 0.358. The van der Waals surface area contributed by atoms with E-state index in [1.807, 2.05) is 48.0 Å². The number of imidazole rings is 2. The van der Waals surface area contributed by atoms with Gasteiger partial charge in [-0.15, -0.1) is 0 Å². The molecule has 0 aliphatic heterocycles. The number of hydrogen-bond donors (Lipinski definition) is 1. The van der Waals surface area contributed by atoms with Crippen LogP contribution in [0.15, 0.2) is 61.1 Å². The Labute approximate surface area is 188 Å². The number of methoxy groups -OCH3 is 1. The van der Waals surface area contributed by atoms with E-state index in [9.17, 15) is 8.78 Å². The molecule has 3 heterocycles. The monoisotopic (exact) mass is 446 g/mol. The summed E-state index contributed by atoms with van der Waals surface area (Å²) < 4.78 is 36.7. The lowest BCUT2D eigenvalue weighted by atomic mass is 10.2. The van der Waals surface area contributed by atoms with Crippen LogP contribution in [0.5, 0.6) is 5.88 Å². The highest BCUT2D eigenvalue weighted by Crippen LogP contribution is 2.31. The summed E-state index contributed by atoms with van der Waals surface area (Å²) in [5.74, 6) is 0.138. The molecule has 1 N–H and O–H groups in total. The van der Waals surface area contributed by atoms with E-state index >= 15 is 0 Å². The molecule has 5 aromatic rings. The van der Waals surface area contributed by atoms with Crippen molar-refractivity contribution in [2.24, 2.45) is 7.05 Å². The lowest BCUT2D eigenvalue weighted by Crippen LogP contribution is -2.01. The summed E-state index contributed by atoms with van der Waals surface area (Å²) in [6, 6.07) is 12.7. The van der Waals surface area contributed by atoms with E-state index in [0.29, 0.717) is 34.3 Å². The number of para-hydroxylation sites is 1. The standard InChI is InChI=1S/C24H20F2N6O/c1-14-12-32(13-27-14)20-7-8-21(29-24(20)33-3)28-18-5-4-6-19-22(18)30-23(31(19)2)15-9-16(25)11-17(26)10-15/h4-13H,1-3H3,(H,28,29). The minimum atomic E-state index is -0.653. The van der Waals surface area contributed by atoms with Crippen LogP contribution >= 0.6 is 0 Å². The molecule has 0 unspecified atom stereocenters. The number of rotatable bonds is 5. The van der Waals surface area contributed by atoms with Gasteiger partial charge in [0.1, 0.15) is 34.5 Å². The van der Waals surface area contributed by atoms with Crippen LogP contribution in [0.4, 0.5) is 20.3 Å². The summed E-state index contributed by atoms with van der Waals surface area (Å²) in [6.07, 6.45) is 3.59. The van der Waals surface area contributed by atoms with Crippen molar-refractivity contribution in [3.05, 3.63) is 78.4 Å². The van der Waals surface area contributed by atoms with Crippen LogP contribution in [0.1, 0.15) is 5.69 Å². The molecule has 0 aliphatic carbocycles. The van der Waals surface area contributed by atoms with Gasteiger partial charge in [0.05, 0.1) is 30.3 Å². The Morgan fingerprint density at radius 2 is 1.79 bits per heavy atom. The fourth-order valence-corrected chi connectivity index (χ4v) is 3.80. The third-order valence-electron chi connectivity index (χ3n) is 5.32. The van der Waals surface area contributed by atoms with Crippen molar-refractivity contribution in [3.8, 4) is 23.0 Å². The number of fused-ring (bicyclic) bond motifs is 1. The summed E-state index contributed by atoms with van der Waals surface area (Å²) in [5.41, 5.74) is 4.15. The van der Waals surface area contributed by atoms with Gasteiger partial charge in [-0.1, -0.05) is 6.07 Å². The first kappa shape index (κ1) is 20.6. The number of nitrogens with zero attached hydrogens (tertiary/aromatic N) is 5. The second-order valence-corrected chi connectivity index (χ2v) is 7.60. The molecule has 0 radical (unpaired) electrons. The molecule has 166 valence electrons. The number of pyridine rings is 1. The maximum absolute atomic E-state index is 13.8. The second kappa shape index (κ2) is 8.01. The van der Waals surface area contributed by atoms with Crippen LogP contribution in [0.3, 0.4) is 0 Å². The van der Waals surface area contributed by atoms with Gasteiger partial charge in [0, 0.05) is 24.9 Å². The summed E-state index contributed by atoms with van der Waals surface area (Å²) >= 11 is 0. The van der Waals surface area contributed by atoms with Crippen molar-refractivity contribution in [2.75, 3.05) is 12.4 Å². The lowest BCUT2D eigenvalue weighted by Gasteiger charge is -2.11. The fraction of sp³-hybridized carbons (Fsp3) is 0.125. The zero-order valence-corrected chi connectivity index (χ0v) is 18.2. The number of nitrogens with one attached hydrogen (secondary N) is 1. The first-order valence-corrected chi connectivity index (χ1v) is 10.2. The van der Waals surface area contributed by atoms with Gasteiger partial charge < -0.3 is 19.2 Å². The molecule has 0 amide bonds. The summed E-state index contributed by atoms with van der Waals surface area (Å²) in [4.78, 5) is 13.5. The molecule has 0 atom stereocenters. The zero-order chi connectivity index (χ0) is 23.1. The molecule has 2 aromatic carbocycles. The first-order chi connectivity index (χ1) is 15.9. The number of ether oxygens (including phenoxy) is 1. The number of aromatic nitrogens is 5. The molecule has 0 bridgehead atoms. The Balaban J connectivity index is 1.54. The molecular formula is C24H20F2N6O. The van der Waals surface area contributed by atoms with E-state index in [2.05, 4.69) is 20.3 Å². The smallest absolute Gasteiger partial charge is 0.240 e. The Bertz CT molecular complexity index is 1470. The molecular weight excluding hydrogens is 426 g/mol. The van der Waals surface area contributed by atoms with Gasteiger partial charge in [0.2, 0.25) is 5.88 Å². The number of benzene rings is 2. The van der Waals surface area contributed by atoms with Crippen molar-refractivity contribution < 1.29 is 13.5 Å². The van der Waals surface area contributed by atoms with E-state index in [1.54, 1.807) is 25.1 Å². The number of anilines is 2. The molecule has 33 heavy (non-hydrogen) atoms. The normalized spacial score (nSPS) is 11.2. The quantitative estimate of drug-likeness (QED) is 0.404. The van der Waals surface area contributed by atoms with Crippen LogP contribution in [0, 0.1) is 18.6 Å². The Hall–Kier alpha value is -4.27.